The van der Waals surface area contributed by atoms with Crippen LogP contribution in [0.2, 0.25) is 0 Å². The van der Waals surface area contributed by atoms with Gasteiger partial charge in [0.25, 0.3) is 0 Å². The predicted molar refractivity (Wildman–Crippen MR) is 98.9 cm³/mol. The number of anilines is 3. The molecule has 0 spiro atoms. The molecule has 0 bridgehead atoms. The summed E-state index contributed by atoms with van der Waals surface area (Å²) < 4.78 is 0. The first-order valence-corrected chi connectivity index (χ1v) is 8.61. The van der Waals surface area contributed by atoms with Gasteiger partial charge < -0.3 is 16.0 Å². The summed E-state index contributed by atoms with van der Waals surface area (Å²) in [5.74, 6) is -0.0151. The fourth-order valence-electron chi connectivity index (χ4n) is 3.31. The quantitative estimate of drug-likeness (QED) is 0.798. The van der Waals surface area contributed by atoms with Gasteiger partial charge in [0.2, 0.25) is 5.91 Å². The normalized spacial score (nSPS) is 22.1. The molecule has 0 aromatic heterocycles. The smallest absolute Gasteiger partial charge is 0.229 e. The minimum absolute atomic E-state index is 0.0151. The fourth-order valence-corrected chi connectivity index (χ4v) is 3.31. The molecule has 1 heterocycles. The number of nitrogen functional groups attached to an aromatic ring is 1. The maximum Gasteiger partial charge on any atom is 0.229 e. The van der Waals surface area contributed by atoms with E-state index >= 15 is 0 Å². The number of aryl methyl sites for hydroxylation is 1. The van der Waals surface area contributed by atoms with Gasteiger partial charge in [0.05, 0.1) is 11.4 Å². The zero-order chi connectivity index (χ0) is 17.4. The van der Waals surface area contributed by atoms with E-state index in [-0.39, 0.29) is 5.91 Å². The topological polar surface area (TPSA) is 58.4 Å². The molecule has 1 saturated heterocycles. The fraction of sp³-hybridized carbons (Fsp3) is 0.632. The molecule has 0 aliphatic carbocycles. The number of hydrogen-bond acceptors (Lipinski definition) is 3. The number of amides is 1. The number of carbonyl (C=O) groups is 1. The monoisotopic (exact) mass is 317 g/mol. The number of nitrogens with two attached hydrogens (primary N) is 1. The van der Waals surface area contributed by atoms with Gasteiger partial charge in [0, 0.05) is 23.2 Å². The standard InChI is InChI=1S/C19H31N3O/c1-12-10-15(20)16(21-18(23)19(4,5)6)11-17(12)22-13(2)8-7-9-14(22)3/h10-11,13-14H,7-9,20H2,1-6H3,(H,21,23)/t13-,14+. The average molecular weight is 317 g/mol. The minimum Gasteiger partial charge on any atom is -0.397 e. The summed E-state index contributed by atoms with van der Waals surface area (Å²) >= 11 is 0. The summed E-state index contributed by atoms with van der Waals surface area (Å²) in [7, 11) is 0. The van der Waals surface area contributed by atoms with Crippen molar-refractivity contribution in [1.82, 2.24) is 0 Å². The Morgan fingerprint density at radius 3 is 2.30 bits per heavy atom. The van der Waals surface area contributed by atoms with Gasteiger partial charge in [-0.25, -0.2) is 0 Å². The number of nitrogens with zero attached hydrogens (tertiary/aromatic N) is 1. The Kier molecular flexibility index (Phi) is 4.92. The minimum atomic E-state index is -0.441. The number of hydrogen-bond donors (Lipinski definition) is 2. The van der Waals surface area contributed by atoms with E-state index < -0.39 is 5.41 Å². The highest BCUT2D eigenvalue weighted by atomic mass is 16.2. The highest BCUT2D eigenvalue weighted by molar-refractivity contribution is 5.98. The van der Waals surface area contributed by atoms with Crippen LogP contribution in [0, 0.1) is 12.3 Å². The Morgan fingerprint density at radius 1 is 1.22 bits per heavy atom. The van der Waals surface area contributed by atoms with Crippen molar-refractivity contribution < 1.29 is 4.79 Å². The van der Waals surface area contributed by atoms with Crippen LogP contribution in [0.3, 0.4) is 0 Å². The SMILES string of the molecule is Cc1cc(N)c(NC(=O)C(C)(C)C)cc1N1[C@H](C)CCC[C@@H]1C. The van der Waals surface area contributed by atoms with Gasteiger partial charge in [-0.3, -0.25) is 4.79 Å². The lowest BCUT2D eigenvalue weighted by molar-refractivity contribution is -0.123. The first kappa shape index (κ1) is 17.6. The Morgan fingerprint density at radius 2 is 1.78 bits per heavy atom. The van der Waals surface area contributed by atoms with Crippen LogP contribution in [-0.4, -0.2) is 18.0 Å². The largest absolute Gasteiger partial charge is 0.397 e. The molecule has 0 radical (unpaired) electrons. The van der Waals surface area contributed by atoms with Gasteiger partial charge in [-0.05, 0) is 57.7 Å². The van der Waals surface area contributed by atoms with Gasteiger partial charge in [-0.2, -0.15) is 0 Å². The summed E-state index contributed by atoms with van der Waals surface area (Å²) in [5, 5.41) is 3.00. The molecule has 4 heteroatoms. The molecule has 3 N–H and O–H groups in total. The molecule has 0 saturated carbocycles. The maximum atomic E-state index is 12.3. The third-order valence-corrected chi connectivity index (χ3v) is 4.77. The lowest BCUT2D eigenvalue weighted by Gasteiger charge is -2.42. The van der Waals surface area contributed by atoms with Crippen LogP contribution in [-0.2, 0) is 4.79 Å². The Balaban J connectivity index is 2.38. The maximum absolute atomic E-state index is 12.3. The van der Waals surface area contributed by atoms with Crippen molar-refractivity contribution in [2.75, 3.05) is 16.0 Å². The van der Waals surface area contributed by atoms with E-state index in [9.17, 15) is 4.79 Å². The first-order valence-electron chi connectivity index (χ1n) is 8.61. The third kappa shape index (κ3) is 3.80. The van der Waals surface area contributed by atoms with Crippen LogP contribution >= 0.6 is 0 Å². The van der Waals surface area contributed by atoms with Crippen molar-refractivity contribution in [2.24, 2.45) is 5.41 Å². The van der Waals surface area contributed by atoms with Gasteiger partial charge in [0.15, 0.2) is 0 Å². The zero-order valence-corrected chi connectivity index (χ0v) is 15.4. The number of piperidine rings is 1. The molecule has 2 atom stereocenters. The lowest BCUT2D eigenvalue weighted by Crippen LogP contribution is -2.44. The zero-order valence-electron chi connectivity index (χ0n) is 15.4. The predicted octanol–water partition coefficient (Wildman–Crippen LogP) is 4.33. The molecule has 23 heavy (non-hydrogen) atoms. The molecule has 0 unspecified atom stereocenters. The van der Waals surface area contributed by atoms with Crippen molar-refractivity contribution in [1.29, 1.82) is 0 Å². The van der Waals surface area contributed by atoms with Gasteiger partial charge in [-0.1, -0.05) is 20.8 Å². The molecular weight excluding hydrogens is 286 g/mol. The molecule has 4 nitrogen and oxygen atoms in total. The Labute approximate surface area is 140 Å². The van der Waals surface area contributed by atoms with Gasteiger partial charge >= 0.3 is 0 Å². The molecule has 2 rings (SSSR count). The highest BCUT2D eigenvalue weighted by Gasteiger charge is 2.27. The summed E-state index contributed by atoms with van der Waals surface area (Å²) in [6.45, 7) is 12.4. The van der Waals surface area contributed by atoms with Crippen LogP contribution < -0.4 is 16.0 Å². The number of nitrogens with one attached hydrogen (secondary N) is 1. The van der Waals surface area contributed by atoms with E-state index in [1.807, 2.05) is 32.9 Å². The van der Waals surface area contributed by atoms with Gasteiger partial charge in [-0.15, -0.1) is 0 Å². The van der Waals surface area contributed by atoms with E-state index in [2.05, 4.69) is 31.0 Å². The first-order chi connectivity index (χ1) is 10.6. The van der Waals surface area contributed by atoms with Crippen molar-refractivity contribution in [3.63, 3.8) is 0 Å². The van der Waals surface area contributed by atoms with Gasteiger partial charge in [0.1, 0.15) is 0 Å². The van der Waals surface area contributed by atoms with Crippen LogP contribution in [0.15, 0.2) is 12.1 Å². The highest BCUT2D eigenvalue weighted by Crippen LogP contribution is 2.36. The number of rotatable bonds is 2. The van der Waals surface area contributed by atoms with Crippen molar-refractivity contribution in [3.05, 3.63) is 17.7 Å². The average Bonchev–Trinajstić information content (AvgIpc) is 2.42. The Bertz CT molecular complexity index is 579. The molecule has 128 valence electrons. The number of carbonyl (C=O) groups excluding carboxylic acids is 1. The van der Waals surface area contributed by atoms with Crippen LogP contribution in [0.1, 0.15) is 59.4 Å². The summed E-state index contributed by atoms with van der Waals surface area (Å²) in [6, 6.07) is 5.04. The van der Waals surface area contributed by atoms with E-state index in [0.29, 0.717) is 17.8 Å². The summed E-state index contributed by atoms with van der Waals surface area (Å²) in [5.41, 5.74) is 9.40. The van der Waals surface area contributed by atoms with E-state index in [4.69, 9.17) is 5.73 Å². The molecule has 1 aromatic carbocycles. The molecule has 1 fully saturated rings. The van der Waals surface area contributed by atoms with E-state index in [1.165, 1.54) is 24.9 Å². The number of benzene rings is 1. The molecule has 1 amide bonds. The second-order valence-electron chi connectivity index (χ2n) is 7.97. The lowest BCUT2D eigenvalue weighted by atomic mass is 9.94. The van der Waals surface area contributed by atoms with E-state index in [0.717, 1.165) is 11.3 Å². The van der Waals surface area contributed by atoms with Crippen LogP contribution in [0.5, 0.6) is 0 Å². The second-order valence-corrected chi connectivity index (χ2v) is 7.97. The Hall–Kier alpha value is -1.71. The van der Waals surface area contributed by atoms with Crippen LogP contribution in [0.25, 0.3) is 0 Å². The molecular formula is C19H31N3O. The second kappa shape index (κ2) is 6.42. The third-order valence-electron chi connectivity index (χ3n) is 4.77. The molecule has 1 aliphatic heterocycles. The summed E-state index contributed by atoms with van der Waals surface area (Å²) in [6.07, 6.45) is 3.69. The van der Waals surface area contributed by atoms with E-state index in [1.54, 1.807) is 0 Å². The summed E-state index contributed by atoms with van der Waals surface area (Å²) in [4.78, 5) is 14.8. The molecule has 1 aliphatic rings. The molecule has 1 aromatic rings. The van der Waals surface area contributed by atoms with Crippen molar-refractivity contribution in [3.8, 4) is 0 Å². The van der Waals surface area contributed by atoms with Crippen molar-refractivity contribution >= 4 is 23.0 Å². The van der Waals surface area contributed by atoms with Crippen molar-refractivity contribution in [2.45, 2.75) is 72.9 Å². The van der Waals surface area contributed by atoms with Crippen LogP contribution in [0.4, 0.5) is 17.1 Å².